The number of piperidine rings is 1. The Morgan fingerprint density at radius 2 is 2.21 bits per heavy atom. The van der Waals surface area contributed by atoms with Crippen LogP contribution in [0, 0.1) is 10.1 Å². The molecule has 0 aromatic heterocycles. The molecule has 6 nitrogen and oxygen atoms in total. The highest BCUT2D eigenvalue weighted by Crippen LogP contribution is 2.35. The third-order valence-electron chi connectivity index (χ3n) is 3.18. The van der Waals surface area contributed by atoms with Crippen molar-refractivity contribution in [2.24, 2.45) is 0 Å². The fourth-order valence-corrected chi connectivity index (χ4v) is 2.29. The van der Waals surface area contributed by atoms with Crippen LogP contribution in [0.4, 0.5) is 11.4 Å². The lowest BCUT2D eigenvalue weighted by molar-refractivity contribution is -0.385. The summed E-state index contributed by atoms with van der Waals surface area (Å²) in [5.41, 5.74) is 0.575. The predicted octanol–water partition coefficient (Wildman–Crippen LogP) is 2.16. The van der Waals surface area contributed by atoms with Gasteiger partial charge in [-0.15, -0.1) is 0 Å². The normalized spacial score (nSPS) is 16.1. The molecule has 0 bridgehead atoms. The summed E-state index contributed by atoms with van der Waals surface area (Å²) in [7, 11) is 0. The topological polar surface area (TPSA) is 76.4 Å². The van der Waals surface area contributed by atoms with Crippen molar-refractivity contribution in [1.29, 1.82) is 0 Å². The number of hydrogen-bond acceptors (Lipinski definition) is 5. The van der Waals surface area contributed by atoms with E-state index in [2.05, 4.69) is 10.6 Å². The molecule has 1 aliphatic rings. The Morgan fingerprint density at radius 1 is 1.47 bits per heavy atom. The van der Waals surface area contributed by atoms with Crippen LogP contribution in [0.3, 0.4) is 0 Å². The molecule has 0 radical (unpaired) electrons. The Balaban J connectivity index is 2.22. The van der Waals surface area contributed by atoms with Crippen LogP contribution < -0.4 is 15.4 Å². The second kappa shape index (κ2) is 6.38. The highest BCUT2D eigenvalue weighted by atomic mass is 16.6. The molecule has 0 aliphatic carbocycles. The highest BCUT2D eigenvalue weighted by molar-refractivity contribution is 5.68. The predicted molar refractivity (Wildman–Crippen MR) is 73.8 cm³/mol. The highest BCUT2D eigenvalue weighted by Gasteiger charge is 2.23. The summed E-state index contributed by atoms with van der Waals surface area (Å²) in [6, 6.07) is 5.43. The fraction of sp³-hybridized carbons (Fsp3) is 0.538. The van der Waals surface area contributed by atoms with Crippen LogP contribution in [0.2, 0.25) is 0 Å². The minimum Gasteiger partial charge on any atom is -0.487 e. The Bertz CT molecular complexity index is 445. The molecule has 1 saturated heterocycles. The zero-order chi connectivity index (χ0) is 13.7. The number of hydrogen-bond donors (Lipinski definition) is 2. The lowest BCUT2D eigenvalue weighted by Gasteiger charge is -2.24. The largest absolute Gasteiger partial charge is 0.487 e. The Hall–Kier alpha value is -1.82. The third-order valence-corrected chi connectivity index (χ3v) is 3.18. The van der Waals surface area contributed by atoms with Crippen molar-refractivity contribution in [2.45, 2.75) is 25.8 Å². The molecule has 0 amide bonds. The molecule has 0 saturated carbocycles. The molecule has 0 spiro atoms. The van der Waals surface area contributed by atoms with Gasteiger partial charge in [-0.2, -0.15) is 0 Å². The molecule has 0 unspecified atom stereocenters. The van der Waals surface area contributed by atoms with E-state index in [0.29, 0.717) is 18.0 Å². The summed E-state index contributed by atoms with van der Waals surface area (Å²) in [5.74, 6) is 0.325. The summed E-state index contributed by atoms with van der Waals surface area (Å²) in [4.78, 5) is 10.9. The number of nitrogens with zero attached hydrogens (tertiary/aromatic N) is 1. The first kappa shape index (κ1) is 13.6. The van der Waals surface area contributed by atoms with E-state index in [1.54, 1.807) is 18.2 Å². The van der Waals surface area contributed by atoms with Crippen molar-refractivity contribution >= 4 is 11.4 Å². The van der Waals surface area contributed by atoms with Crippen molar-refractivity contribution in [3.63, 3.8) is 0 Å². The molecule has 104 valence electrons. The summed E-state index contributed by atoms with van der Waals surface area (Å²) in [5, 5.41) is 17.8. The number of anilines is 1. The van der Waals surface area contributed by atoms with E-state index in [1.807, 2.05) is 6.92 Å². The zero-order valence-electron chi connectivity index (χ0n) is 11.0. The van der Waals surface area contributed by atoms with Crippen molar-refractivity contribution in [3.8, 4) is 5.75 Å². The number of nitro groups is 1. The van der Waals surface area contributed by atoms with Crippen molar-refractivity contribution in [1.82, 2.24) is 5.32 Å². The van der Waals surface area contributed by atoms with Gasteiger partial charge < -0.3 is 15.4 Å². The van der Waals surface area contributed by atoms with E-state index in [4.69, 9.17) is 4.74 Å². The molecular formula is C13H19N3O3. The van der Waals surface area contributed by atoms with Gasteiger partial charge in [0.2, 0.25) is 0 Å². The summed E-state index contributed by atoms with van der Waals surface area (Å²) in [6.07, 6.45) is 1.94. The molecule has 1 aliphatic heterocycles. The first-order chi connectivity index (χ1) is 9.22. The number of ether oxygens (including phenoxy) is 1. The van der Waals surface area contributed by atoms with Gasteiger partial charge in [-0.25, -0.2) is 0 Å². The van der Waals surface area contributed by atoms with Crippen LogP contribution >= 0.6 is 0 Å². The molecule has 1 aromatic rings. The van der Waals surface area contributed by atoms with E-state index in [0.717, 1.165) is 25.9 Å². The van der Waals surface area contributed by atoms with Crippen LogP contribution in [-0.4, -0.2) is 30.7 Å². The first-order valence-corrected chi connectivity index (χ1v) is 6.59. The van der Waals surface area contributed by atoms with E-state index in [9.17, 15) is 10.1 Å². The number of benzene rings is 1. The van der Waals surface area contributed by atoms with Gasteiger partial charge in [0, 0.05) is 6.04 Å². The minimum absolute atomic E-state index is 0.0304. The Kier molecular flexibility index (Phi) is 4.57. The molecule has 1 fully saturated rings. The quantitative estimate of drug-likeness (QED) is 0.630. The zero-order valence-corrected chi connectivity index (χ0v) is 11.0. The van der Waals surface area contributed by atoms with Crippen molar-refractivity contribution in [2.75, 3.05) is 25.0 Å². The van der Waals surface area contributed by atoms with Gasteiger partial charge in [-0.3, -0.25) is 10.1 Å². The smallest absolute Gasteiger partial charge is 0.333 e. The van der Waals surface area contributed by atoms with Gasteiger partial charge in [0.1, 0.15) is 5.69 Å². The maximum atomic E-state index is 11.2. The lowest BCUT2D eigenvalue weighted by Crippen LogP contribution is -2.35. The van der Waals surface area contributed by atoms with Crippen LogP contribution in [0.25, 0.3) is 0 Å². The SMILES string of the molecule is CCOc1cccc(NC2CCNCC2)c1[N+](=O)[O-]. The van der Waals surface area contributed by atoms with E-state index < -0.39 is 0 Å². The van der Waals surface area contributed by atoms with E-state index in [1.165, 1.54) is 0 Å². The molecule has 1 heterocycles. The average molecular weight is 265 g/mol. The molecule has 2 N–H and O–H groups in total. The molecule has 1 aromatic carbocycles. The Morgan fingerprint density at radius 3 is 2.84 bits per heavy atom. The summed E-state index contributed by atoms with van der Waals surface area (Å²) < 4.78 is 5.33. The van der Waals surface area contributed by atoms with Gasteiger partial charge in [-0.05, 0) is 45.0 Å². The maximum Gasteiger partial charge on any atom is 0.333 e. The average Bonchev–Trinajstić information content (AvgIpc) is 2.40. The summed E-state index contributed by atoms with van der Waals surface area (Å²) in [6.45, 7) is 4.11. The Labute approximate surface area is 112 Å². The second-order valence-corrected chi connectivity index (χ2v) is 4.51. The molecular weight excluding hydrogens is 246 g/mol. The van der Waals surface area contributed by atoms with E-state index in [-0.39, 0.29) is 16.7 Å². The van der Waals surface area contributed by atoms with Gasteiger partial charge in [0.25, 0.3) is 0 Å². The number of nitro benzene ring substituents is 1. The lowest BCUT2D eigenvalue weighted by atomic mass is 10.1. The third kappa shape index (κ3) is 3.35. The second-order valence-electron chi connectivity index (χ2n) is 4.51. The molecule has 6 heteroatoms. The number of para-hydroxylation sites is 1. The molecule has 19 heavy (non-hydrogen) atoms. The van der Waals surface area contributed by atoms with E-state index >= 15 is 0 Å². The monoisotopic (exact) mass is 265 g/mol. The van der Waals surface area contributed by atoms with Crippen LogP contribution in [0.5, 0.6) is 5.75 Å². The van der Waals surface area contributed by atoms with Crippen LogP contribution in [0.15, 0.2) is 18.2 Å². The standard InChI is InChI=1S/C13H19N3O3/c1-2-19-12-5-3-4-11(13(12)16(17)18)15-10-6-8-14-9-7-10/h3-5,10,14-15H,2,6-9H2,1H3. The molecule has 0 atom stereocenters. The van der Waals surface area contributed by atoms with Crippen molar-refractivity contribution < 1.29 is 9.66 Å². The van der Waals surface area contributed by atoms with Crippen LogP contribution in [-0.2, 0) is 0 Å². The molecule has 2 rings (SSSR count). The summed E-state index contributed by atoms with van der Waals surface area (Å²) >= 11 is 0. The van der Waals surface area contributed by atoms with Crippen molar-refractivity contribution in [3.05, 3.63) is 28.3 Å². The van der Waals surface area contributed by atoms with Gasteiger partial charge in [0.15, 0.2) is 5.75 Å². The van der Waals surface area contributed by atoms with Gasteiger partial charge in [-0.1, -0.05) is 6.07 Å². The number of rotatable bonds is 5. The number of nitrogens with one attached hydrogen (secondary N) is 2. The fourth-order valence-electron chi connectivity index (χ4n) is 2.29. The van der Waals surface area contributed by atoms with Gasteiger partial charge in [0.05, 0.1) is 11.5 Å². The minimum atomic E-state index is -0.381. The first-order valence-electron chi connectivity index (χ1n) is 6.59. The van der Waals surface area contributed by atoms with Crippen LogP contribution in [0.1, 0.15) is 19.8 Å². The van der Waals surface area contributed by atoms with Gasteiger partial charge >= 0.3 is 5.69 Å². The maximum absolute atomic E-state index is 11.2.